The molecule has 1 unspecified atom stereocenters. The number of ketones is 1. The number of nitrogens with zero attached hydrogens (tertiary/aromatic N) is 1. The van der Waals surface area contributed by atoms with Crippen molar-refractivity contribution in [2.24, 2.45) is 0 Å². The van der Waals surface area contributed by atoms with Gasteiger partial charge in [-0.3, -0.25) is 9.69 Å². The molecule has 1 N–H and O–H groups in total. The number of Topliss-reactive ketones (excluding diaryl/α,β-unsaturated/α-hetero) is 1. The van der Waals surface area contributed by atoms with Gasteiger partial charge in [0.15, 0.2) is 0 Å². The third-order valence-electron chi connectivity index (χ3n) is 4.38. The van der Waals surface area contributed by atoms with E-state index in [0.29, 0.717) is 12.3 Å². The molecule has 2 aliphatic carbocycles. The van der Waals surface area contributed by atoms with Crippen LogP contribution in [0.15, 0.2) is 0 Å². The lowest BCUT2D eigenvalue weighted by Gasteiger charge is -2.33. The predicted octanol–water partition coefficient (Wildman–Crippen LogP) is 2.13. The highest BCUT2D eigenvalue weighted by Gasteiger charge is 2.35. The van der Waals surface area contributed by atoms with E-state index in [1.165, 1.54) is 6.42 Å². The predicted molar refractivity (Wildman–Crippen MR) is 67.9 cm³/mol. The van der Waals surface area contributed by atoms with Gasteiger partial charge in [-0.15, -0.1) is 0 Å². The minimum atomic E-state index is -0.526. The topological polar surface area (TPSA) is 40.5 Å². The second-order valence-electron chi connectivity index (χ2n) is 5.93. The van der Waals surface area contributed by atoms with Gasteiger partial charge in [0.2, 0.25) is 0 Å². The fourth-order valence-corrected chi connectivity index (χ4v) is 3.37. The van der Waals surface area contributed by atoms with Gasteiger partial charge in [0.1, 0.15) is 5.78 Å². The van der Waals surface area contributed by atoms with Crippen molar-refractivity contribution in [3.05, 3.63) is 0 Å². The summed E-state index contributed by atoms with van der Waals surface area (Å²) in [6.07, 6.45) is 9.15. The average Bonchev–Trinajstić information content (AvgIpc) is 2.57. The molecular weight excluding hydrogens is 214 g/mol. The summed E-state index contributed by atoms with van der Waals surface area (Å²) < 4.78 is 0. The monoisotopic (exact) mass is 239 g/mol. The summed E-state index contributed by atoms with van der Waals surface area (Å²) in [5, 5.41) is 10.4. The van der Waals surface area contributed by atoms with Crippen LogP contribution in [-0.4, -0.2) is 41.0 Å². The van der Waals surface area contributed by atoms with E-state index in [2.05, 4.69) is 4.90 Å². The lowest BCUT2D eigenvalue weighted by atomic mass is 9.99. The Kier molecular flexibility index (Phi) is 4.21. The van der Waals surface area contributed by atoms with Crippen LogP contribution < -0.4 is 0 Å². The second kappa shape index (κ2) is 5.49. The Balaban J connectivity index is 1.93. The normalized spacial score (nSPS) is 29.6. The highest BCUT2D eigenvalue weighted by atomic mass is 16.3. The maximum atomic E-state index is 12.0. The number of carbonyl (C=O) groups excluding carboxylic acids is 1. The van der Waals surface area contributed by atoms with Crippen molar-refractivity contribution in [2.75, 3.05) is 13.6 Å². The molecule has 1 atom stereocenters. The number of likely N-dealkylation sites (N-methyl/N-ethyl adjacent to an activating group) is 1. The molecule has 2 rings (SSSR count). The van der Waals surface area contributed by atoms with E-state index in [0.717, 1.165) is 51.4 Å². The third kappa shape index (κ3) is 3.29. The first-order valence-corrected chi connectivity index (χ1v) is 7.06. The Morgan fingerprint density at radius 1 is 1.24 bits per heavy atom. The zero-order valence-electron chi connectivity index (χ0n) is 11.0. The minimum absolute atomic E-state index is 0.0575. The molecule has 0 aromatic carbocycles. The SMILES string of the molecule is CN(CC1(O)CCCC1)C1CCCCCC1=O. The van der Waals surface area contributed by atoms with Gasteiger partial charge in [0.25, 0.3) is 0 Å². The minimum Gasteiger partial charge on any atom is -0.389 e. The van der Waals surface area contributed by atoms with E-state index in [-0.39, 0.29) is 6.04 Å². The smallest absolute Gasteiger partial charge is 0.149 e. The van der Waals surface area contributed by atoms with Gasteiger partial charge < -0.3 is 5.11 Å². The van der Waals surface area contributed by atoms with Crippen LogP contribution in [-0.2, 0) is 4.79 Å². The second-order valence-corrected chi connectivity index (χ2v) is 5.93. The van der Waals surface area contributed by atoms with Crippen molar-refractivity contribution in [2.45, 2.75) is 69.4 Å². The van der Waals surface area contributed by atoms with Crippen molar-refractivity contribution in [1.82, 2.24) is 4.90 Å². The van der Waals surface area contributed by atoms with Crippen LogP contribution in [0.2, 0.25) is 0 Å². The molecular formula is C14H25NO2. The molecule has 0 radical (unpaired) electrons. The van der Waals surface area contributed by atoms with Gasteiger partial charge in [-0.1, -0.05) is 25.7 Å². The van der Waals surface area contributed by atoms with E-state index in [9.17, 15) is 9.90 Å². The lowest BCUT2D eigenvalue weighted by Crippen LogP contribution is -2.46. The molecule has 0 aromatic rings. The van der Waals surface area contributed by atoms with E-state index < -0.39 is 5.60 Å². The van der Waals surface area contributed by atoms with Gasteiger partial charge in [0, 0.05) is 13.0 Å². The Bertz CT molecular complexity index is 271. The van der Waals surface area contributed by atoms with Gasteiger partial charge in [-0.05, 0) is 32.7 Å². The summed E-state index contributed by atoms with van der Waals surface area (Å²) >= 11 is 0. The average molecular weight is 239 g/mol. The Morgan fingerprint density at radius 2 is 1.94 bits per heavy atom. The van der Waals surface area contributed by atoms with Crippen molar-refractivity contribution in [3.63, 3.8) is 0 Å². The first-order chi connectivity index (χ1) is 8.11. The first kappa shape index (κ1) is 13.0. The molecule has 0 spiro atoms. The van der Waals surface area contributed by atoms with Crippen molar-refractivity contribution >= 4 is 5.78 Å². The molecule has 3 nitrogen and oxygen atoms in total. The number of aliphatic hydroxyl groups is 1. The first-order valence-electron chi connectivity index (χ1n) is 7.06. The summed E-state index contributed by atoms with van der Waals surface area (Å²) in [4.78, 5) is 14.1. The molecule has 0 heterocycles. The highest BCUT2D eigenvalue weighted by Crippen LogP contribution is 2.31. The number of hydrogen-bond acceptors (Lipinski definition) is 3. The highest BCUT2D eigenvalue weighted by molar-refractivity contribution is 5.84. The van der Waals surface area contributed by atoms with Gasteiger partial charge in [0.05, 0.1) is 11.6 Å². The molecule has 0 amide bonds. The van der Waals surface area contributed by atoms with Crippen LogP contribution in [0.1, 0.15) is 57.8 Å². The standard InChI is InChI=1S/C14H25NO2/c1-15(11-14(17)9-5-6-10-14)12-7-3-2-4-8-13(12)16/h12,17H,2-11H2,1H3. The van der Waals surface area contributed by atoms with Crippen LogP contribution in [0.4, 0.5) is 0 Å². The Hall–Kier alpha value is -0.410. The molecule has 17 heavy (non-hydrogen) atoms. The maximum absolute atomic E-state index is 12.0. The van der Waals surface area contributed by atoms with Crippen LogP contribution in [0.3, 0.4) is 0 Å². The summed E-state index contributed by atoms with van der Waals surface area (Å²) in [5.74, 6) is 0.381. The molecule has 2 fully saturated rings. The van der Waals surface area contributed by atoms with Gasteiger partial charge >= 0.3 is 0 Å². The summed E-state index contributed by atoms with van der Waals surface area (Å²) in [6.45, 7) is 0.670. The molecule has 0 bridgehead atoms. The van der Waals surface area contributed by atoms with Gasteiger partial charge in [-0.2, -0.15) is 0 Å². The summed E-state index contributed by atoms with van der Waals surface area (Å²) in [6, 6.07) is 0.0575. The molecule has 98 valence electrons. The Labute approximate surface area is 104 Å². The summed E-state index contributed by atoms with van der Waals surface area (Å²) in [7, 11) is 2.00. The zero-order chi connectivity index (χ0) is 12.3. The van der Waals surface area contributed by atoms with E-state index >= 15 is 0 Å². The van der Waals surface area contributed by atoms with Crippen LogP contribution >= 0.6 is 0 Å². The van der Waals surface area contributed by atoms with E-state index in [1.807, 2.05) is 7.05 Å². The molecule has 2 saturated carbocycles. The zero-order valence-corrected chi connectivity index (χ0v) is 11.0. The van der Waals surface area contributed by atoms with Crippen molar-refractivity contribution < 1.29 is 9.90 Å². The van der Waals surface area contributed by atoms with Crippen LogP contribution in [0.5, 0.6) is 0 Å². The van der Waals surface area contributed by atoms with Crippen molar-refractivity contribution in [3.8, 4) is 0 Å². The van der Waals surface area contributed by atoms with Gasteiger partial charge in [-0.25, -0.2) is 0 Å². The molecule has 0 saturated heterocycles. The Morgan fingerprint density at radius 3 is 2.65 bits per heavy atom. The number of rotatable bonds is 3. The van der Waals surface area contributed by atoms with E-state index in [1.54, 1.807) is 0 Å². The third-order valence-corrected chi connectivity index (χ3v) is 4.38. The van der Waals surface area contributed by atoms with E-state index in [4.69, 9.17) is 0 Å². The van der Waals surface area contributed by atoms with Crippen molar-refractivity contribution in [1.29, 1.82) is 0 Å². The largest absolute Gasteiger partial charge is 0.389 e. The maximum Gasteiger partial charge on any atom is 0.149 e. The fraction of sp³-hybridized carbons (Fsp3) is 0.929. The fourth-order valence-electron chi connectivity index (χ4n) is 3.37. The molecule has 2 aliphatic rings. The molecule has 0 aromatic heterocycles. The van der Waals surface area contributed by atoms with Crippen LogP contribution in [0, 0.1) is 0 Å². The molecule has 0 aliphatic heterocycles. The summed E-state index contributed by atoms with van der Waals surface area (Å²) in [5.41, 5.74) is -0.526. The quantitative estimate of drug-likeness (QED) is 0.767. The lowest BCUT2D eigenvalue weighted by molar-refractivity contribution is -0.124. The number of hydrogen-bond donors (Lipinski definition) is 1. The molecule has 3 heteroatoms. The number of carbonyl (C=O) groups is 1. The van der Waals surface area contributed by atoms with Crippen LogP contribution in [0.25, 0.3) is 0 Å².